The van der Waals surface area contributed by atoms with Crippen molar-refractivity contribution in [1.29, 1.82) is 10.5 Å². The molecule has 9 aromatic rings. The Kier molecular flexibility index (Phi) is 7.78. The van der Waals surface area contributed by atoms with Gasteiger partial charge in [0, 0.05) is 44.9 Å². The number of aromatic nitrogens is 5. The third-order valence-electron chi connectivity index (χ3n) is 9.40. The molecule has 0 N–H and O–H groups in total. The molecule has 0 bridgehead atoms. The van der Waals surface area contributed by atoms with Crippen LogP contribution in [0.5, 0.6) is 0 Å². The van der Waals surface area contributed by atoms with Crippen molar-refractivity contribution in [3.05, 3.63) is 175 Å². The number of benzene rings is 6. The van der Waals surface area contributed by atoms with E-state index in [0.29, 0.717) is 28.6 Å². The molecule has 9 rings (SSSR count). The topological polar surface area (TPSA) is 104 Å². The SMILES string of the molecule is N#Cc1ccc(-c2ccc3c4ccccc4n(-c4ccc(-c5ccccn5)c(-c5nc(-c6ccccc6)nc(-c6ccccc6)n5)c4)c3c2)c(C#N)c1. The summed E-state index contributed by atoms with van der Waals surface area (Å²) in [5.41, 5.74) is 9.72. The molecule has 0 amide bonds. The average molecular weight is 678 g/mol. The van der Waals surface area contributed by atoms with Gasteiger partial charge in [0.05, 0.1) is 40.0 Å². The molecule has 6 aromatic carbocycles. The van der Waals surface area contributed by atoms with E-state index in [2.05, 4.69) is 59.2 Å². The predicted octanol–water partition coefficient (Wildman–Crippen LogP) is 10.4. The van der Waals surface area contributed by atoms with Crippen molar-refractivity contribution in [2.45, 2.75) is 0 Å². The summed E-state index contributed by atoms with van der Waals surface area (Å²) in [4.78, 5) is 19.9. The molecule has 246 valence electrons. The Morgan fingerprint density at radius 1 is 0.453 bits per heavy atom. The van der Waals surface area contributed by atoms with Gasteiger partial charge in [0.25, 0.3) is 0 Å². The second-order valence-electron chi connectivity index (χ2n) is 12.6. The van der Waals surface area contributed by atoms with Crippen LogP contribution in [0, 0.1) is 22.7 Å². The molecule has 0 aliphatic carbocycles. The van der Waals surface area contributed by atoms with Crippen LogP contribution in [0.25, 0.3) is 84.0 Å². The maximum absolute atomic E-state index is 10.0. The maximum Gasteiger partial charge on any atom is 0.164 e. The number of hydrogen-bond donors (Lipinski definition) is 0. The first-order valence-corrected chi connectivity index (χ1v) is 17.1. The molecule has 53 heavy (non-hydrogen) atoms. The molecule has 7 heteroatoms. The summed E-state index contributed by atoms with van der Waals surface area (Å²) < 4.78 is 2.24. The predicted molar refractivity (Wildman–Crippen MR) is 209 cm³/mol. The molecule has 7 nitrogen and oxygen atoms in total. The van der Waals surface area contributed by atoms with Gasteiger partial charge in [0.15, 0.2) is 17.5 Å². The highest BCUT2D eigenvalue weighted by molar-refractivity contribution is 6.10. The zero-order chi connectivity index (χ0) is 35.7. The molecule has 0 aliphatic heterocycles. The summed E-state index contributed by atoms with van der Waals surface area (Å²) >= 11 is 0. The number of nitrogens with zero attached hydrogens (tertiary/aromatic N) is 7. The van der Waals surface area contributed by atoms with E-state index in [0.717, 1.165) is 66.6 Å². The van der Waals surface area contributed by atoms with Crippen LogP contribution in [0.15, 0.2) is 164 Å². The monoisotopic (exact) mass is 677 g/mol. The van der Waals surface area contributed by atoms with Gasteiger partial charge in [0.1, 0.15) is 0 Å². The van der Waals surface area contributed by atoms with Crippen molar-refractivity contribution in [3.8, 4) is 74.4 Å². The van der Waals surface area contributed by atoms with Crippen molar-refractivity contribution in [1.82, 2.24) is 24.5 Å². The Morgan fingerprint density at radius 3 is 1.81 bits per heavy atom. The zero-order valence-electron chi connectivity index (χ0n) is 28.2. The number of fused-ring (bicyclic) bond motifs is 3. The van der Waals surface area contributed by atoms with E-state index in [4.69, 9.17) is 19.9 Å². The van der Waals surface area contributed by atoms with E-state index in [1.807, 2.05) is 103 Å². The number of hydrogen-bond acceptors (Lipinski definition) is 6. The number of nitriles is 2. The van der Waals surface area contributed by atoms with Crippen molar-refractivity contribution >= 4 is 21.8 Å². The van der Waals surface area contributed by atoms with Gasteiger partial charge in [-0.05, 0) is 65.7 Å². The molecule has 0 saturated carbocycles. The van der Waals surface area contributed by atoms with Crippen LogP contribution in [0.1, 0.15) is 11.1 Å². The fraction of sp³-hybridized carbons (Fsp3) is 0. The summed E-state index contributed by atoms with van der Waals surface area (Å²) in [5, 5.41) is 21.7. The Bertz CT molecular complexity index is 2850. The summed E-state index contributed by atoms with van der Waals surface area (Å²) in [6, 6.07) is 56.4. The van der Waals surface area contributed by atoms with E-state index in [9.17, 15) is 10.5 Å². The van der Waals surface area contributed by atoms with Crippen LogP contribution in [0.4, 0.5) is 0 Å². The Labute approximate surface area is 305 Å². The Hall–Kier alpha value is -7.74. The minimum absolute atomic E-state index is 0.449. The fourth-order valence-corrected chi connectivity index (χ4v) is 6.91. The van der Waals surface area contributed by atoms with E-state index >= 15 is 0 Å². The molecular weight excluding hydrogens is 651 g/mol. The standard InChI is InChI=1S/C46H27N7/c47-28-30-18-21-36(34(25-30)29-48)33-19-22-39-38-15-7-8-17-42(38)53(43(39)26-33)35-20-23-37(41-16-9-10-24-49-41)40(27-35)46-51-44(31-11-3-1-4-12-31)50-45(52-46)32-13-5-2-6-14-32/h1-27H. The van der Waals surface area contributed by atoms with Gasteiger partial charge in [-0.1, -0.05) is 103 Å². The number of para-hydroxylation sites is 1. The van der Waals surface area contributed by atoms with Gasteiger partial charge in [-0.15, -0.1) is 0 Å². The number of pyridine rings is 1. The van der Waals surface area contributed by atoms with E-state index in [1.54, 1.807) is 18.3 Å². The Balaban J connectivity index is 1.31. The third-order valence-corrected chi connectivity index (χ3v) is 9.40. The van der Waals surface area contributed by atoms with Crippen molar-refractivity contribution in [2.24, 2.45) is 0 Å². The fourth-order valence-electron chi connectivity index (χ4n) is 6.91. The highest BCUT2D eigenvalue weighted by Gasteiger charge is 2.20. The molecular formula is C46H27N7. The normalized spacial score (nSPS) is 11.0. The lowest BCUT2D eigenvalue weighted by Crippen LogP contribution is -2.03. The average Bonchev–Trinajstić information content (AvgIpc) is 3.57. The van der Waals surface area contributed by atoms with E-state index in [-0.39, 0.29) is 0 Å². The van der Waals surface area contributed by atoms with E-state index < -0.39 is 0 Å². The lowest BCUT2D eigenvalue weighted by molar-refractivity contribution is 1.07. The smallest absolute Gasteiger partial charge is 0.164 e. The zero-order valence-corrected chi connectivity index (χ0v) is 28.2. The first-order chi connectivity index (χ1) is 26.2. The van der Waals surface area contributed by atoms with Crippen LogP contribution in [-0.4, -0.2) is 24.5 Å². The Morgan fingerprint density at radius 2 is 1.11 bits per heavy atom. The first-order valence-electron chi connectivity index (χ1n) is 17.1. The van der Waals surface area contributed by atoms with Crippen molar-refractivity contribution in [2.75, 3.05) is 0 Å². The van der Waals surface area contributed by atoms with Crippen LogP contribution >= 0.6 is 0 Å². The van der Waals surface area contributed by atoms with Gasteiger partial charge in [-0.2, -0.15) is 10.5 Å². The largest absolute Gasteiger partial charge is 0.309 e. The molecule has 0 aliphatic rings. The van der Waals surface area contributed by atoms with Gasteiger partial charge in [-0.25, -0.2) is 15.0 Å². The maximum atomic E-state index is 10.0. The van der Waals surface area contributed by atoms with Crippen LogP contribution in [0.2, 0.25) is 0 Å². The van der Waals surface area contributed by atoms with Crippen LogP contribution < -0.4 is 0 Å². The van der Waals surface area contributed by atoms with E-state index in [1.165, 1.54) is 0 Å². The van der Waals surface area contributed by atoms with Crippen molar-refractivity contribution in [3.63, 3.8) is 0 Å². The molecule has 0 spiro atoms. The number of rotatable bonds is 6. The molecule has 0 radical (unpaired) electrons. The summed E-state index contributed by atoms with van der Waals surface area (Å²) in [5.74, 6) is 1.67. The second kappa shape index (κ2) is 13.2. The van der Waals surface area contributed by atoms with Gasteiger partial charge < -0.3 is 4.57 Å². The van der Waals surface area contributed by atoms with Gasteiger partial charge in [-0.3, -0.25) is 4.98 Å². The molecule has 3 aromatic heterocycles. The quantitative estimate of drug-likeness (QED) is 0.173. The molecule has 0 fully saturated rings. The lowest BCUT2D eigenvalue weighted by Gasteiger charge is -2.15. The molecule has 0 atom stereocenters. The summed E-state index contributed by atoms with van der Waals surface area (Å²) in [6.45, 7) is 0. The highest BCUT2D eigenvalue weighted by atomic mass is 15.0. The van der Waals surface area contributed by atoms with Gasteiger partial charge >= 0.3 is 0 Å². The second-order valence-corrected chi connectivity index (χ2v) is 12.6. The molecule has 3 heterocycles. The third kappa shape index (κ3) is 5.65. The van der Waals surface area contributed by atoms with Crippen LogP contribution in [-0.2, 0) is 0 Å². The highest BCUT2D eigenvalue weighted by Crippen LogP contribution is 2.39. The molecule has 0 unspecified atom stereocenters. The minimum atomic E-state index is 0.449. The van der Waals surface area contributed by atoms with Gasteiger partial charge in [0.2, 0.25) is 0 Å². The van der Waals surface area contributed by atoms with Crippen molar-refractivity contribution < 1.29 is 0 Å². The first kappa shape index (κ1) is 31.3. The molecule has 0 saturated heterocycles. The van der Waals surface area contributed by atoms with Crippen LogP contribution in [0.3, 0.4) is 0 Å². The minimum Gasteiger partial charge on any atom is -0.309 e. The summed E-state index contributed by atoms with van der Waals surface area (Å²) in [6.07, 6.45) is 1.79. The lowest BCUT2D eigenvalue weighted by atomic mass is 9.97. The summed E-state index contributed by atoms with van der Waals surface area (Å²) in [7, 11) is 0.